The smallest absolute Gasteiger partial charge is 0.305 e. The lowest BCUT2D eigenvalue weighted by Gasteiger charge is -2.55. The average molecular weight is 646 g/mol. The zero-order chi connectivity index (χ0) is 33.6. The number of aliphatic carboxylic acids is 1. The zero-order valence-corrected chi connectivity index (χ0v) is 26.2. The van der Waals surface area contributed by atoms with Gasteiger partial charge < -0.3 is 14.9 Å². The first-order chi connectivity index (χ1) is 23.3. The van der Waals surface area contributed by atoms with Crippen molar-refractivity contribution < 1.29 is 38.9 Å². The molecule has 6 atom stereocenters. The summed E-state index contributed by atoms with van der Waals surface area (Å²) >= 11 is 0. The predicted molar refractivity (Wildman–Crippen MR) is 175 cm³/mol. The quantitative estimate of drug-likeness (QED) is 0.259. The van der Waals surface area contributed by atoms with Crippen LogP contribution in [-0.4, -0.2) is 64.2 Å². The molecule has 2 fully saturated rings. The fourth-order valence-corrected chi connectivity index (χ4v) is 8.66. The Kier molecular flexibility index (Phi) is 8.17. The highest BCUT2D eigenvalue weighted by atomic mass is 16.5. The Morgan fingerprint density at radius 3 is 2.23 bits per heavy atom. The molecule has 7 rings (SSSR count). The molecule has 1 heterocycles. The van der Waals surface area contributed by atoms with E-state index in [0.717, 1.165) is 16.0 Å². The summed E-state index contributed by atoms with van der Waals surface area (Å²) in [4.78, 5) is 69.9. The number of allylic oxidation sites excluding steroid dienone is 4. The molecule has 0 radical (unpaired) electrons. The monoisotopic (exact) mass is 645 g/mol. The first kappa shape index (κ1) is 31.4. The van der Waals surface area contributed by atoms with E-state index >= 15 is 0 Å². The molecule has 3 aromatic carbocycles. The summed E-state index contributed by atoms with van der Waals surface area (Å²) in [5, 5.41) is 18.6. The number of carbonyl (C=O) groups is 5. The number of nitrogens with zero attached hydrogens (tertiary/aromatic N) is 1. The number of rotatable bonds is 9. The van der Waals surface area contributed by atoms with Gasteiger partial charge in [-0.15, -0.1) is 0 Å². The van der Waals surface area contributed by atoms with E-state index in [1.54, 1.807) is 24.3 Å². The van der Waals surface area contributed by atoms with Crippen LogP contribution in [-0.2, 0) is 29.4 Å². The second-order valence-electron chi connectivity index (χ2n) is 12.9. The topological polar surface area (TPSA) is 138 Å². The van der Waals surface area contributed by atoms with Crippen molar-refractivity contribution >= 4 is 34.9 Å². The van der Waals surface area contributed by atoms with Gasteiger partial charge in [0.2, 0.25) is 11.8 Å². The fraction of sp³-hybridized carbons (Fsp3) is 0.308. The summed E-state index contributed by atoms with van der Waals surface area (Å²) in [7, 11) is 0. The SMILES string of the molecule is O=C(O)CCN1C(=O)[C@H]2[C@H](CC=C3[C@H]2C[C@H]2C(=O)C(c4ccccc4)=CC(=O)[C@@]2(c2ccccc2)[C@H]3c2ccc(OCCO)cc2)C1=O. The summed E-state index contributed by atoms with van der Waals surface area (Å²) in [5.74, 6) is -5.27. The largest absolute Gasteiger partial charge is 0.491 e. The summed E-state index contributed by atoms with van der Waals surface area (Å²) in [5.41, 5.74) is 1.90. The summed E-state index contributed by atoms with van der Waals surface area (Å²) in [6.45, 7) is -0.247. The van der Waals surface area contributed by atoms with Crippen LogP contribution in [0.4, 0.5) is 0 Å². The van der Waals surface area contributed by atoms with Gasteiger partial charge in [0.05, 0.1) is 30.3 Å². The standard InChI is InChI=1S/C39H35NO8/c41-19-20-48-26-13-11-24(12-14-26)35-27-15-16-28-34(38(47)40(37(28)46)18-17-33(43)44)30(27)21-31-36(45)29(23-7-3-1-4-8-23)22-32(42)39(31,35)25-9-5-2-6-10-25/h1-15,22,28,30-31,34-35,41H,16-21H2,(H,43,44)/t28-,30+,31-,34-,35-,39-/m0/s1. The number of imide groups is 1. The van der Waals surface area contributed by atoms with Gasteiger partial charge in [-0.2, -0.15) is 0 Å². The van der Waals surface area contributed by atoms with Gasteiger partial charge in [0.1, 0.15) is 12.4 Å². The number of carboxylic acid groups (broad SMARTS) is 1. The molecule has 9 nitrogen and oxygen atoms in total. The third-order valence-electron chi connectivity index (χ3n) is 10.6. The van der Waals surface area contributed by atoms with Crippen molar-refractivity contribution in [1.29, 1.82) is 0 Å². The van der Waals surface area contributed by atoms with Gasteiger partial charge in [-0.25, -0.2) is 0 Å². The number of fused-ring (bicyclic) bond motifs is 4. The number of amides is 2. The van der Waals surface area contributed by atoms with Gasteiger partial charge in [0.15, 0.2) is 11.6 Å². The highest BCUT2D eigenvalue weighted by Gasteiger charge is 2.65. The van der Waals surface area contributed by atoms with Crippen LogP contribution in [0.5, 0.6) is 5.75 Å². The Hall–Kier alpha value is -5.15. The normalized spacial score (nSPS) is 27.9. The van der Waals surface area contributed by atoms with Crippen molar-refractivity contribution in [1.82, 2.24) is 4.90 Å². The zero-order valence-electron chi connectivity index (χ0n) is 26.2. The molecule has 0 spiro atoms. The molecule has 9 heteroatoms. The van der Waals surface area contributed by atoms with Crippen molar-refractivity contribution in [2.24, 2.45) is 23.7 Å². The number of aliphatic hydroxyl groups is 1. The molecule has 0 unspecified atom stereocenters. The van der Waals surface area contributed by atoms with E-state index in [-0.39, 0.29) is 56.5 Å². The molecule has 48 heavy (non-hydrogen) atoms. The van der Waals surface area contributed by atoms with E-state index < -0.39 is 46.9 Å². The van der Waals surface area contributed by atoms with Crippen LogP contribution in [0.25, 0.3) is 5.57 Å². The maximum absolute atomic E-state index is 15.0. The number of Topliss-reactive ketones (excluding diaryl/α,β-unsaturated/α-hetero) is 1. The number of carbonyl (C=O) groups excluding carboxylic acids is 4. The summed E-state index contributed by atoms with van der Waals surface area (Å²) < 4.78 is 5.63. The third kappa shape index (κ3) is 4.92. The van der Waals surface area contributed by atoms with Crippen LogP contribution in [0.1, 0.15) is 41.9 Å². The van der Waals surface area contributed by atoms with E-state index in [4.69, 9.17) is 4.74 Å². The summed E-state index contributed by atoms with van der Waals surface area (Å²) in [6, 6.07) is 25.7. The van der Waals surface area contributed by atoms with Crippen LogP contribution in [0, 0.1) is 23.7 Å². The predicted octanol–water partition coefficient (Wildman–Crippen LogP) is 4.36. The van der Waals surface area contributed by atoms with E-state index in [9.17, 15) is 34.2 Å². The number of hydrogen-bond acceptors (Lipinski definition) is 7. The lowest BCUT2D eigenvalue weighted by molar-refractivity contribution is -0.142. The van der Waals surface area contributed by atoms with Gasteiger partial charge in [0.25, 0.3) is 0 Å². The molecule has 2 N–H and O–H groups in total. The van der Waals surface area contributed by atoms with E-state index in [1.165, 1.54) is 6.08 Å². The third-order valence-corrected chi connectivity index (χ3v) is 10.6. The Morgan fingerprint density at radius 2 is 1.56 bits per heavy atom. The average Bonchev–Trinajstić information content (AvgIpc) is 3.36. The number of carboxylic acids is 1. The molecule has 244 valence electrons. The van der Waals surface area contributed by atoms with Crippen molar-refractivity contribution in [2.75, 3.05) is 19.8 Å². The number of aliphatic hydroxyl groups excluding tert-OH is 1. The highest BCUT2D eigenvalue weighted by molar-refractivity contribution is 6.31. The van der Waals surface area contributed by atoms with E-state index in [1.807, 2.05) is 66.7 Å². The molecule has 1 saturated heterocycles. The molecule has 1 aliphatic heterocycles. The Labute approximate surface area is 277 Å². The number of hydrogen-bond donors (Lipinski definition) is 2. The van der Waals surface area contributed by atoms with Crippen LogP contribution < -0.4 is 4.74 Å². The van der Waals surface area contributed by atoms with Gasteiger partial charge in [-0.05, 0) is 53.7 Å². The molecule has 0 bridgehead atoms. The minimum absolute atomic E-state index is 0.115. The molecule has 1 saturated carbocycles. The number of likely N-dealkylation sites (tertiary alicyclic amines) is 1. The molecule has 0 aromatic heterocycles. The van der Waals surface area contributed by atoms with E-state index in [0.29, 0.717) is 22.4 Å². The second kappa shape index (κ2) is 12.5. The molecule has 2 amide bonds. The first-order valence-corrected chi connectivity index (χ1v) is 16.3. The van der Waals surface area contributed by atoms with Gasteiger partial charge in [-0.3, -0.25) is 28.9 Å². The molecular weight excluding hydrogens is 610 g/mol. The van der Waals surface area contributed by atoms with Crippen molar-refractivity contribution in [3.8, 4) is 5.75 Å². The molecule has 4 aliphatic rings. The molecule has 3 aromatic rings. The lowest BCUT2D eigenvalue weighted by atomic mass is 9.44. The lowest BCUT2D eigenvalue weighted by Crippen LogP contribution is -2.58. The van der Waals surface area contributed by atoms with Crippen molar-refractivity contribution in [3.05, 3.63) is 119 Å². The molecular formula is C39H35NO8. The van der Waals surface area contributed by atoms with Crippen LogP contribution >= 0.6 is 0 Å². The van der Waals surface area contributed by atoms with Crippen molar-refractivity contribution in [2.45, 2.75) is 30.6 Å². The minimum Gasteiger partial charge on any atom is -0.491 e. The Balaban J connectivity index is 1.43. The Morgan fingerprint density at radius 1 is 0.875 bits per heavy atom. The van der Waals surface area contributed by atoms with Gasteiger partial charge in [-0.1, -0.05) is 84.4 Å². The highest BCUT2D eigenvalue weighted by Crippen LogP contribution is 2.63. The Bertz CT molecular complexity index is 1850. The van der Waals surface area contributed by atoms with Crippen LogP contribution in [0.3, 0.4) is 0 Å². The number of ether oxygens (including phenoxy) is 1. The van der Waals surface area contributed by atoms with Crippen LogP contribution in [0.2, 0.25) is 0 Å². The first-order valence-electron chi connectivity index (χ1n) is 16.3. The van der Waals surface area contributed by atoms with Crippen LogP contribution in [0.15, 0.2) is 103 Å². The van der Waals surface area contributed by atoms with Gasteiger partial charge in [0, 0.05) is 24.0 Å². The van der Waals surface area contributed by atoms with Gasteiger partial charge >= 0.3 is 5.97 Å². The minimum atomic E-state index is -1.34. The van der Waals surface area contributed by atoms with E-state index in [2.05, 4.69) is 0 Å². The fourth-order valence-electron chi connectivity index (χ4n) is 8.66. The second-order valence-corrected chi connectivity index (χ2v) is 12.9. The maximum Gasteiger partial charge on any atom is 0.305 e. The van der Waals surface area contributed by atoms with Crippen molar-refractivity contribution in [3.63, 3.8) is 0 Å². The number of ketones is 2. The molecule has 3 aliphatic carbocycles. The maximum atomic E-state index is 15.0. The number of benzene rings is 3. The summed E-state index contributed by atoms with van der Waals surface area (Å²) in [6.07, 6.45) is 3.55.